The van der Waals surface area contributed by atoms with Crippen LogP contribution in [0.4, 0.5) is 0 Å². The van der Waals surface area contributed by atoms with Crippen molar-refractivity contribution < 1.29 is 13.2 Å². The fourth-order valence-corrected chi connectivity index (χ4v) is 3.86. The number of alkyl halides is 1. The first-order valence-electron chi connectivity index (χ1n) is 7.88. The van der Waals surface area contributed by atoms with E-state index in [1.165, 1.54) is 0 Å². The molecule has 2 aliphatic carbocycles. The second-order valence-corrected chi connectivity index (χ2v) is 8.88. The molecule has 0 heterocycles. The Hall–Kier alpha value is -1.18. The van der Waals surface area contributed by atoms with Crippen LogP contribution in [0.1, 0.15) is 33.1 Å². The number of rotatable bonds is 6. The molecule has 0 radical (unpaired) electrons. The summed E-state index contributed by atoms with van der Waals surface area (Å²) in [5.74, 6) is -0.0755. The summed E-state index contributed by atoms with van der Waals surface area (Å²) in [6, 6.07) is -0.299. The molecule has 0 saturated heterocycles. The van der Waals surface area contributed by atoms with Crippen LogP contribution in [0.3, 0.4) is 0 Å². The Bertz CT molecular complexity index is 718. The lowest BCUT2D eigenvalue weighted by molar-refractivity contribution is -0.127. The average Bonchev–Trinajstić information content (AvgIpc) is 2.57. The van der Waals surface area contributed by atoms with E-state index in [0.29, 0.717) is 28.8 Å². The number of halogens is 1. The maximum Gasteiger partial charge on any atom is 0.237 e. The second kappa shape index (κ2) is 7.80. The van der Waals surface area contributed by atoms with E-state index in [0.717, 1.165) is 6.42 Å². The first-order chi connectivity index (χ1) is 11.2. The number of hydrogen-bond acceptors (Lipinski definition) is 3. The van der Waals surface area contributed by atoms with Gasteiger partial charge in [-0.05, 0) is 31.4 Å². The van der Waals surface area contributed by atoms with Crippen molar-refractivity contribution in [3.8, 4) is 0 Å². The van der Waals surface area contributed by atoms with Crippen LogP contribution in [0.2, 0.25) is 0 Å². The van der Waals surface area contributed by atoms with Crippen LogP contribution in [-0.2, 0) is 14.8 Å². The third kappa shape index (κ3) is 4.91. The number of carbonyl (C=O) groups is 1. The highest BCUT2D eigenvalue weighted by molar-refractivity contribution is 9.09. The van der Waals surface area contributed by atoms with Crippen LogP contribution in [0.25, 0.3) is 0 Å². The highest BCUT2D eigenvalue weighted by Gasteiger charge is 2.27. The van der Waals surface area contributed by atoms with Gasteiger partial charge in [0.05, 0.1) is 10.3 Å². The predicted octanol–water partition coefficient (Wildman–Crippen LogP) is 2.89. The predicted molar refractivity (Wildman–Crippen MR) is 99.9 cm³/mol. The van der Waals surface area contributed by atoms with Crippen molar-refractivity contribution in [1.29, 1.82) is 0 Å². The third-order valence-corrected chi connectivity index (χ3v) is 6.98. The molecule has 1 amide bonds. The van der Waals surface area contributed by atoms with E-state index in [4.69, 9.17) is 0 Å². The fraction of sp³-hybridized carbons (Fsp3) is 0.471. The van der Waals surface area contributed by atoms with Crippen LogP contribution in [0.5, 0.6) is 0 Å². The Kier molecular flexibility index (Phi) is 6.22. The van der Waals surface area contributed by atoms with E-state index in [-0.39, 0.29) is 11.9 Å². The van der Waals surface area contributed by atoms with Gasteiger partial charge in [0, 0.05) is 17.1 Å². The van der Waals surface area contributed by atoms with Gasteiger partial charge in [0.15, 0.2) is 0 Å². The molecule has 2 rings (SSSR count). The largest absolute Gasteiger partial charge is 0.326 e. The topological polar surface area (TPSA) is 75.3 Å². The van der Waals surface area contributed by atoms with Crippen LogP contribution < -0.4 is 10.0 Å². The first kappa shape index (κ1) is 19.1. The quantitative estimate of drug-likeness (QED) is 0.656. The zero-order chi connectivity index (χ0) is 17.8. The number of hydrogen-bond donors (Lipinski definition) is 2. The molecule has 0 aromatic heterocycles. The number of carbonyl (C=O) groups excluding carboxylic acids is 1. The normalized spacial score (nSPS) is 21.2. The molecular formula is C17H23BrN2O3S. The van der Waals surface area contributed by atoms with Crippen molar-refractivity contribution in [3.05, 3.63) is 47.1 Å². The summed E-state index contributed by atoms with van der Waals surface area (Å²) in [5.41, 5.74) is 0.193. The van der Waals surface area contributed by atoms with Crippen molar-refractivity contribution in [2.75, 3.05) is 5.33 Å². The molecule has 0 aliphatic heterocycles. The van der Waals surface area contributed by atoms with E-state index in [1.807, 2.05) is 26.0 Å². The molecule has 0 saturated carbocycles. The molecule has 5 nitrogen and oxygen atoms in total. The minimum atomic E-state index is -3.46. The highest BCUT2D eigenvalue weighted by atomic mass is 79.9. The summed E-state index contributed by atoms with van der Waals surface area (Å²) in [4.78, 5) is 12.6. The Morgan fingerprint density at radius 3 is 2.71 bits per heavy atom. The number of nitrogens with one attached hydrogen (secondary N) is 2. The molecule has 0 aromatic carbocycles. The van der Waals surface area contributed by atoms with Gasteiger partial charge < -0.3 is 5.32 Å². The lowest BCUT2D eigenvalue weighted by atomic mass is 9.95. The third-order valence-electron chi connectivity index (χ3n) is 3.93. The summed E-state index contributed by atoms with van der Waals surface area (Å²) >= 11 is 3.33. The minimum Gasteiger partial charge on any atom is -0.326 e. The molecular weight excluding hydrogens is 392 g/mol. The summed E-state index contributed by atoms with van der Waals surface area (Å²) in [6.07, 6.45) is 12.5. The molecule has 0 fully saturated rings. The van der Waals surface area contributed by atoms with Gasteiger partial charge >= 0.3 is 0 Å². The van der Waals surface area contributed by atoms with E-state index in [9.17, 15) is 13.2 Å². The number of amides is 1. The molecule has 7 heteroatoms. The average molecular weight is 415 g/mol. The van der Waals surface area contributed by atoms with Gasteiger partial charge in [-0.15, -0.1) is 0 Å². The summed E-state index contributed by atoms with van der Waals surface area (Å²) in [5, 5.41) is 3.43. The zero-order valence-electron chi connectivity index (χ0n) is 13.9. The van der Waals surface area contributed by atoms with Gasteiger partial charge in [-0.25, -0.2) is 13.1 Å². The Balaban J connectivity index is 1.94. The first-order valence-corrected chi connectivity index (χ1v) is 10.5. The molecule has 1 unspecified atom stereocenters. The zero-order valence-corrected chi connectivity index (χ0v) is 16.3. The Labute approximate surface area is 152 Å². The molecule has 2 aliphatic rings. The summed E-state index contributed by atoms with van der Waals surface area (Å²) < 4.78 is 27.4. The Morgan fingerprint density at radius 1 is 1.42 bits per heavy atom. The van der Waals surface area contributed by atoms with Crippen molar-refractivity contribution in [1.82, 2.24) is 10.0 Å². The van der Waals surface area contributed by atoms with Crippen molar-refractivity contribution in [3.63, 3.8) is 0 Å². The lowest BCUT2D eigenvalue weighted by Gasteiger charge is -2.23. The summed E-state index contributed by atoms with van der Waals surface area (Å²) in [6.45, 7) is 3.71. The molecule has 132 valence electrons. The molecule has 0 aromatic rings. The van der Waals surface area contributed by atoms with Gasteiger partial charge in [0.2, 0.25) is 15.9 Å². The summed E-state index contributed by atoms with van der Waals surface area (Å²) in [7, 11) is -3.46. The van der Waals surface area contributed by atoms with E-state index < -0.39 is 15.4 Å². The second-order valence-electron chi connectivity index (χ2n) is 6.55. The number of sulfonamides is 1. The van der Waals surface area contributed by atoms with Crippen molar-refractivity contribution in [2.45, 2.75) is 39.2 Å². The molecule has 24 heavy (non-hydrogen) atoms. The van der Waals surface area contributed by atoms with Gasteiger partial charge in [-0.3, -0.25) is 4.79 Å². The maximum atomic E-state index is 12.3. The van der Waals surface area contributed by atoms with Crippen LogP contribution in [-0.4, -0.2) is 25.7 Å². The monoisotopic (exact) mass is 414 g/mol. The van der Waals surface area contributed by atoms with Crippen molar-refractivity contribution in [2.24, 2.45) is 5.41 Å². The lowest BCUT2D eigenvalue weighted by Crippen LogP contribution is -2.39. The molecule has 0 bridgehead atoms. The molecule has 2 N–H and O–H groups in total. The smallest absolute Gasteiger partial charge is 0.237 e. The van der Waals surface area contributed by atoms with E-state index >= 15 is 0 Å². The molecule has 1 atom stereocenters. The minimum absolute atomic E-state index is 0.0755. The number of allylic oxidation sites excluding steroid dienone is 5. The van der Waals surface area contributed by atoms with Gasteiger partial charge in [-0.1, -0.05) is 54.1 Å². The van der Waals surface area contributed by atoms with Crippen LogP contribution in [0.15, 0.2) is 47.1 Å². The maximum absolute atomic E-state index is 12.3. The SMILES string of the molecule is CC(C)(CBr)C(=O)NC1=CCC(NS(=O)(=O)C2=CC=CCC2)C=C1. The standard InChI is InChI=1S/C17H23BrN2O3S/c1-17(2,12-18)16(21)19-13-8-10-14(11-9-13)20-24(22,23)15-6-4-3-5-7-15/h3-4,6,8-10,14,20H,5,7,11-12H2,1-2H3,(H,19,21). The Morgan fingerprint density at radius 2 is 2.17 bits per heavy atom. The molecule has 0 spiro atoms. The van der Waals surface area contributed by atoms with E-state index in [1.54, 1.807) is 24.3 Å². The highest BCUT2D eigenvalue weighted by Crippen LogP contribution is 2.21. The van der Waals surface area contributed by atoms with Gasteiger partial charge in [-0.2, -0.15) is 0 Å². The van der Waals surface area contributed by atoms with Gasteiger partial charge in [0.1, 0.15) is 0 Å². The van der Waals surface area contributed by atoms with Gasteiger partial charge in [0.25, 0.3) is 0 Å². The fourth-order valence-electron chi connectivity index (χ4n) is 2.24. The van der Waals surface area contributed by atoms with Crippen LogP contribution >= 0.6 is 15.9 Å². The van der Waals surface area contributed by atoms with Crippen molar-refractivity contribution >= 4 is 31.9 Å². The van der Waals surface area contributed by atoms with E-state index in [2.05, 4.69) is 26.0 Å². The van der Waals surface area contributed by atoms with Crippen LogP contribution in [0, 0.1) is 5.41 Å².